The third-order valence-electron chi connectivity index (χ3n) is 6.86. The molecule has 0 fully saturated rings. The van der Waals surface area contributed by atoms with Gasteiger partial charge in [0.2, 0.25) is 5.43 Å². The molecule has 3 aromatic rings. The summed E-state index contributed by atoms with van der Waals surface area (Å²) in [4.78, 5) is 40.2. The summed E-state index contributed by atoms with van der Waals surface area (Å²) in [6.45, 7) is 0.895. The van der Waals surface area contributed by atoms with E-state index in [9.17, 15) is 41.4 Å². The zero-order chi connectivity index (χ0) is 26.8. The molecule has 2 N–H and O–H groups in total. The number of nitrogens with zero attached hydrogens (tertiary/aromatic N) is 2. The number of pyridine rings is 1. The number of hydrogen-bond donors (Lipinski definition) is 2. The number of benzene rings is 2. The molecule has 2 aliphatic heterocycles. The SMILES string of the molecule is C[C@]12CN(CCc3cc(F)c(F)cc31)C(=O)c1c(O)c(=O)c(C(=O)NCc3c(F)cc(F)cc3F)cn12. The van der Waals surface area contributed by atoms with Gasteiger partial charge in [0.15, 0.2) is 23.1 Å². The molecular formula is C25H18F5N3O4. The molecule has 0 unspecified atom stereocenters. The molecule has 37 heavy (non-hydrogen) atoms. The molecule has 1 atom stereocenters. The molecule has 0 saturated carbocycles. The van der Waals surface area contributed by atoms with Crippen molar-refractivity contribution in [2.75, 3.05) is 13.1 Å². The Hall–Kier alpha value is -4.22. The van der Waals surface area contributed by atoms with Crippen LogP contribution in [0.25, 0.3) is 0 Å². The first-order valence-corrected chi connectivity index (χ1v) is 11.1. The third-order valence-corrected chi connectivity index (χ3v) is 6.86. The summed E-state index contributed by atoms with van der Waals surface area (Å²) in [5.74, 6) is -8.80. The van der Waals surface area contributed by atoms with Crippen molar-refractivity contribution in [2.24, 2.45) is 0 Å². The van der Waals surface area contributed by atoms with Crippen LogP contribution in [0.2, 0.25) is 0 Å². The normalized spacial score (nSPS) is 18.2. The second-order valence-corrected chi connectivity index (χ2v) is 9.14. The quantitative estimate of drug-likeness (QED) is 0.521. The summed E-state index contributed by atoms with van der Waals surface area (Å²) in [5.41, 5.74) is -3.62. The lowest BCUT2D eigenvalue weighted by molar-refractivity contribution is 0.0623. The van der Waals surface area contributed by atoms with Gasteiger partial charge in [-0.05, 0) is 36.6 Å². The third kappa shape index (κ3) is 3.74. The Morgan fingerprint density at radius 2 is 1.68 bits per heavy atom. The Balaban J connectivity index is 1.62. The molecule has 0 aliphatic carbocycles. The van der Waals surface area contributed by atoms with Crippen LogP contribution in [-0.2, 0) is 18.5 Å². The predicted octanol–water partition coefficient (Wildman–Crippen LogP) is 2.95. The van der Waals surface area contributed by atoms with E-state index in [0.717, 1.165) is 22.9 Å². The Bertz CT molecular complexity index is 1550. The number of halogens is 5. The summed E-state index contributed by atoms with van der Waals surface area (Å²) in [5, 5.41) is 12.8. The summed E-state index contributed by atoms with van der Waals surface area (Å²) in [6, 6.07) is 2.84. The van der Waals surface area contributed by atoms with Gasteiger partial charge in [-0.1, -0.05) is 0 Å². The van der Waals surface area contributed by atoms with E-state index >= 15 is 0 Å². The number of hydrogen-bond acceptors (Lipinski definition) is 4. The van der Waals surface area contributed by atoms with E-state index in [-0.39, 0.29) is 25.1 Å². The molecule has 7 nitrogen and oxygen atoms in total. The van der Waals surface area contributed by atoms with Crippen LogP contribution in [0.15, 0.2) is 35.3 Å². The Kier molecular flexibility index (Phi) is 5.57. The lowest BCUT2D eigenvalue weighted by Crippen LogP contribution is -2.53. The number of carbonyl (C=O) groups excluding carboxylic acids is 2. The number of aromatic nitrogens is 1. The van der Waals surface area contributed by atoms with Gasteiger partial charge < -0.3 is 19.9 Å². The van der Waals surface area contributed by atoms with Crippen LogP contribution in [-0.4, -0.2) is 39.5 Å². The second kappa shape index (κ2) is 8.43. The van der Waals surface area contributed by atoms with Crippen LogP contribution in [0.5, 0.6) is 5.75 Å². The van der Waals surface area contributed by atoms with Gasteiger partial charge in [0.25, 0.3) is 11.8 Å². The Labute approximate surface area is 205 Å². The minimum atomic E-state index is -1.32. The molecule has 0 radical (unpaired) electrons. The van der Waals surface area contributed by atoms with Crippen molar-refractivity contribution in [3.05, 3.63) is 97.7 Å². The molecule has 2 amide bonds. The number of carbonyl (C=O) groups is 2. The maximum atomic E-state index is 14.3. The smallest absolute Gasteiger partial charge is 0.274 e. The molecule has 5 rings (SSSR count). The maximum Gasteiger partial charge on any atom is 0.274 e. The van der Waals surface area contributed by atoms with E-state index in [1.54, 1.807) is 6.92 Å². The van der Waals surface area contributed by atoms with Crippen LogP contribution in [0.4, 0.5) is 22.0 Å². The van der Waals surface area contributed by atoms with Gasteiger partial charge in [-0.2, -0.15) is 0 Å². The monoisotopic (exact) mass is 519 g/mol. The number of amides is 2. The van der Waals surface area contributed by atoms with Crippen LogP contribution in [0, 0.1) is 29.1 Å². The minimum absolute atomic E-state index is 0.0354. The fourth-order valence-corrected chi connectivity index (χ4v) is 4.98. The topological polar surface area (TPSA) is 91.6 Å². The molecule has 2 bridgehead atoms. The van der Waals surface area contributed by atoms with Crippen LogP contribution >= 0.6 is 0 Å². The van der Waals surface area contributed by atoms with Crippen molar-refractivity contribution in [2.45, 2.75) is 25.4 Å². The molecular weight excluding hydrogens is 501 g/mol. The van der Waals surface area contributed by atoms with Gasteiger partial charge in [0.05, 0.1) is 5.54 Å². The van der Waals surface area contributed by atoms with E-state index in [1.807, 2.05) is 0 Å². The van der Waals surface area contributed by atoms with Gasteiger partial charge in [0.1, 0.15) is 23.0 Å². The zero-order valence-corrected chi connectivity index (χ0v) is 19.2. The first-order valence-electron chi connectivity index (χ1n) is 11.1. The highest BCUT2D eigenvalue weighted by Gasteiger charge is 2.46. The highest BCUT2D eigenvalue weighted by Crippen LogP contribution is 2.40. The molecule has 2 aliphatic rings. The lowest BCUT2D eigenvalue weighted by Gasteiger charge is -2.42. The van der Waals surface area contributed by atoms with Gasteiger partial charge in [-0.25, -0.2) is 22.0 Å². The highest BCUT2D eigenvalue weighted by molar-refractivity contribution is 5.99. The van der Waals surface area contributed by atoms with Gasteiger partial charge in [-0.15, -0.1) is 0 Å². The predicted molar refractivity (Wildman–Crippen MR) is 119 cm³/mol. The van der Waals surface area contributed by atoms with E-state index in [1.165, 1.54) is 4.90 Å². The average molecular weight is 519 g/mol. The first-order chi connectivity index (χ1) is 17.4. The molecule has 0 spiro atoms. The number of nitrogens with one attached hydrogen (secondary N) is 1. The van der Waals surface area contributed by atoms with Gasteiger partial charge in [0, 0.05) is 43.5 Å². The number of aromatic hydroxyl groups is 1. The molecule has 3 heterocycles. The maximum absolute atomic E-state index is 14.3. The van der Waals surface area contributed by atoms with E-state index in [0.29, 0.717) is 17.7 Å². The van der Waals surface area contributed by atoms with Gasteiger partial charge >= 0.3 is 0 Å². The lowest BCUT2D eigenvalue weighted by atomic mass is 9.85. The summed E-state index contributed by atoms with van der Waals surface area (Å²) < 4.78 is 70.5. The Morgan fingerprint density at radius 1 is 1.03 bits per heavy atom. The molecule has 192 valence electrons. The number of fused-ring (bicyclic) bond motifs is 6. The zero-order valence-electron chi connectivity index (χ0n) is 19.2. The van der Waals surface area contributed by atoms with Crippen molar-refractivity contribution < 1.29 is 36.6 Å². The molecule has 0 saturated heterocycles. The summed E-state index contributed by atoms with van der Waals surface area (Å²) >= 11 is 0. The summed E-state index contributed by atoms with van der Waals surface area (Å²) in [7, 11) is 0. The number of rotatable bonds is 3. The van der Waals surface area contributed by atoms with Crippen LogP contribution in [0.3, 0.4) is 0 Å². The van der Waals surface area contributed by atoms with Crippen molar-refractivity contribution in [3.8, 4) is 5.75 Å². The van der Waals surface area contributed by atoms with E-state index in [2.05, 4.69) is 5.32 Å². The summed E-state index contributed by atoms with van der Waals surface area (Å²) in [6.07, 6.45) is 1.17. The molecule has 1 aromatic heterocycles. The van der Waals surface area contributed by atoms with Crippen molar-refractivity contribution >= 4 is 11.8 Å². The van der Waals surface area contributed by atoms with E-state index < -0.39 is 81.0 Å². The first kappa shape index (κ1) is 24.5. The van der Waals surface area contributed by atoms with Crippen molar-refractivity contribution in [3.63, 3.8) is 0 Å². The standard InChI is InChI=1S/C25H18F5N3O4/c1-25-10-32(3-2-11-4-18(29)19(30)7-15(11)25)24(37)20-22(35)21(34)14(9-33(20)25)23(36)31-8-13-16(27)5-12(26)6-17(13)28/h4-7,9,35H,2-3,8,10H2,1H3,(H,31,36)/t25-/m0/s1. The van der Waals surface area contributed by atoms with Crippen LogP contribution in [0.1, 0.15) is 44.5 Å². The minimum Gasteiger partial charge on any atom is -0.503 e. The second-order valence-electron chi connectivity index (χ2n) is 9.14. The average Bonchev–Trinajstić information content (AvgIpc) is 2.95. The fraction of sp³-hybridized carbons (Fsp3) is 0.240. The van der Waals surface area contributed by atoms with Crippen molar-refractivity contribution in [1.29, 1.82) is 0 Å². The van der Waals surface area contributed by atoms with Crippen LogP contribution < -0.4 is 10.7 Å². The largest absolute Gasteiger partial charge is 0.503 e. The Morgan fingerprint density at radius 3 is 2.35 bits per heavy atom. The van der Waals surface area contributed by atoms with Crippen molar-refractivity contribution in [1.82, 2.24) is 14.8 Å². The van der Waals surface area contributed by atoms with E-state index in [4.69, 9.17) is 0 Å². The molecule has 2 aromatic carbocycles. The molecule has 12 heteroatoms. The highest BCUT2D eigenvalue weighted by atomic mass is 19.2. The fourth-order valence-electron chi connectivity index (χ4n) is 4.98. The van der Waals surface area contributed by atoms with Gasteiger partial charge in [-0.3, -0.25) is 14.4 Å².